The molecule has 0 aromatic carbocycles. The largest absolute Gasteiger partial charge is 0.318 e. The molecule has 1 aromatic heterocycles. The molecule has 0 radical (unpaired) electrons. The second-order valence-corrected chi connectivity index (χ2v) is 1.76. The van der Waals surface area contributed by atoms with E-state index in [1.165, 1.54) is 23.7 Å². The first-order chi connectivity index (χ1) is 4.25. The van der Waals surface area contributed by atoms with Crippen molar-refractivity contribution in [1.82, 2.24) is 4.57 Å². The number of rotatable bonds is 1. The summed E-state index contributed by atoms with van der Waals surface area (Å²) in [5.74, 6) is -0.392. The monoisotopic (exact) mass is 127 g/mol. The van der Waals surface area contributed by atoms with Gasteiger partial charge < -0.3 is 4.57 Å². The standard InChI is InChI=1S/C6H6FNO/c1-8-5(4-9)2-3-6(8)7/h2-4H,1H3. The van der Waals surface area contributed by atoms with Crippen molar-refractivity contribution in [3.63, 3.8) is 0 Å². The maximum Gasteiger partial charge on any atom is 0.193 e. The molecule has 0 N–H and O–H groups in total. The van der Waals surface area contributed by atoms with Crippen LogP contribution in [0.3, 0.4) is 0 Å². The lowest BCUT2D eigenvalue weighted by atomic mass is 10.5. The molecule has 0 amide bonds. The van der Waals surface area contributed by atoms with Crippen molar-refractivity contribution in [2.24, 2.45) is 7.05 Å². The maximum atomic E-state index is 12.3. The lowest BCUT2D eigenvalue weighted by Gasteiger charge is -1.92. The highest BCUT2D eigenvalue weighted by molar-refractivity contribution is 5.72. The van der Waals surface area contributed by atoms with Crippen LogP contribution >= 0.6 is 0 Å². The summed E-state index contributed by atoms with van der Waals surface area (Å²) in [7, 11) is 1.50. The number of hydrogen-bond donors (Lipinski definition) is 0. The Morgan fingerprint density at radius 2 is 2.33 bits per heavy atom. The first-order valence-electron chi connectivity index (χ1n) is 2.52. The molecular formula is C6H6FNO. The lowest BCUT2D eigenvalue weighted by Crippen LogP contribution is -1.96. The average molecular weight is 127 g/mol. The van der Waals surface area contributed by atoms with Gasteiger partial charge >= 0.3 is 0 Å². The van der Waals surface area contributed by atoms with Crippen molar-refractivity contribution in [3.05, 3.63) is 23.8 Å². The van der Waals surface area contributed by atoms with Gasteiger partial charge in [0.05, 0.1) is 5.69 Å². The van der Waals surface area contributed by atoms with Gasteiger partial charge in [-0.1, -0.05) is 0 Å². The summed E-state index contributed by atoms with van der Waals surface area (Å²) >= 11 is 0. The molecule has 3 heteroatoms. The van der Waals surface area contributed by atoms with Gasteiger partial charge in [0.25, 0.3) is 0 Å². The Labute approximate surface area is 51.9 Å². The maximum absolute atomic E-state index is 12.3. The molecule has 0 bridgehead atoms. The van der Waals surface area contributed by atoms with Gasteiger partial charge in [0.1, 0.15) is 0 Å². The van der Waals surface area contributed by atoms with E-state index in [-0.39, 0.29) is 0 Å². The number of halogens is 1. The molecule has 0 aliphatic heterocycles. The van der Waals surface area contributed by atoms with Crippen LogP contribution in [0.5, 0.6) is 0 Å². The third-order valence-electron chi connectivity index (χ3n) is 1.22. The lowest BCUT2D eigenvalue weighted by molar-refractivity contribution is 0.111. The van der Waals surface area contributed by atoms with Crippen molar-refractivity contribution in [1.29, 1.82) is 0 Å². The van der Waals surface area contributed by atoms with E-state index in [0.29, 0.717) is 12.0 Å². The van der Waals surface area contributed by atoms with E-state index in [0.717, 1.165) is 0 Å². The minimum Gasteiger partial charge on any atom is -0.318 e. The summed E-state index contributed by atoms with van der Waals surface area (Å²) in [5.41, 5.74) is 0.354. The molecule has 1 heterocycles. The van der Waals surface area contributed by atoms with Crippen molar-refractivity contribution in [2.45, 2.75) is 0 Å². The van der Waals surface area contributed by atoms with E-state index in [9.17, 15) is 9.18 Å². The predicted octanol–water partition coefficient (Wildman–Crippen LogP) is 0.977. The number of aromatic nitrogens is 1. The Morgan fingerprint density at radius 3 is 2.56 bits per heavy atom. The molecule has 2 nitrogen and oxygen atoms in total. The van der Waals surface area contributed by atoms with E-state index in [1.807, 2.05) is 0 Å². The van der Waals surface area contributed by atoms with Crippen molar-refractivity contribution < 1.29 is 9.18 Å². The Balaban J connectivity index is 3.18. The number of aldehydes is 1. The highest BCUT2D eigenvalue weighted by atomic mass is 19.1. The summed E-state index contributed by atoms with van der Waals surface area (Å²) in [4.78, 5) is 10.1. The fraction of sp³-hybridized carbons (Fsp3) is 0.167. The summed E-state index contributed by atoms with van der Waals surface area (Å²) in [6, 6.07) is 2.69. The van der Waals surface area contributed by atoms with E-state index in [1.54, 1.807) is 0 Å². The molecule has 0 fully saturated rings. The molecule has 0 saturated heterocycles. The number of carbonyl (C=O) groups excluding carboxylic acids is 1. The van der Waals surface area contributed by atoms with Gasteiger partial charge in [-0.2, -0.15) is 4.39 Å². The van der Waals surface area contributed by atoms with Crippen LogP contribution in [0.1, 0.15) is 10.5 Å². The quantitative estimate of drug-likeness (QED) is 0.515. The van der Waals surface area contributed by atoms with Gasteiger partial charge in [-0.15, -0.1) is 0 Å². The first kappa shape index (κ1) is 6.01. The van der Waals surface area contributed by atoms with E-state index in [2.05, 4.69) is 0 Å². The van der Waals surface area contributed by atoms with Crippen LogP contribution in [0, 0.1) is 5.95 Å². The van der Waals surface area contributed by atoms with E-state index in [4.69, 9.17) is 0 Å². The van der Waals surface area contributed by atoms with Gasteiger partial charge in [0.2, 0.25) is 0 Å². The second-order valence-electron chi connectivity index (χ2n) is 1.76. The Kier molecular flexibility index (Phi) is 1.34. The third-order valence-corrected chi connectivity index (χ3v) is 1.22. The Hall–Kier alpha value is -1.12. The molecule has 0 atom stereocenters. The topological polar surface area (TPSA) is 22.0 Å². The van der Waals surface area contributed by atoms with Crippen LogP contribution in [-0.2, 0) is 7.05 Å². The molecule has 0 aliphatic carbocycles. The van der Waals surface area contributed by atoms with Crippen molar-refractivity contribution >= 4 is 6.29 Å². The van der Waals surface area contributed by atoms with Crippen LogP contribution in [-0.4, -0.2) is 10.9 Å². The highest BCUT2D eigenvalue weighted by Crippen LogP contribution is 2.00. The van der Waals surface area contributed by atoms with Gasteiger partial charge in [0.15, 0.2) is 12.2 Å². The normalized spacial score (nSPS) is 9.56. The van der Waals surface area contributed by atoms with Crippen LogP contribution in [0.25, 0.3) is 0 Å². The molecule has 1 rings (SSSR count). The summed E-state index contributed by atoms with van der Waals surface area (Å²) in [6.07, 6.45) is 0.614. The average Bonchev–Trinajstić information content (AvgIpc) is 2.15. The molecule has 0 saturated carbocycles. The summed E-state index contributed by atoms with van der Waals surface area (Å²) in [5, 5.41) is 0. The molecule has 0 spiro atoms. The molecule has 0 unspecified atom stereocenters. The third kappa shape index (κ3) is 0.850. The Morgan fingerprint density at radius 1 is 1.67 bits per heavy atom. The van der Waals surface area contributed by atoms with Crippen LogP contribution in [0.15, 0.2) is 12.1 Å². The van der Waals surface area contributed by atoms with E-state index < -0.39 is 5.95 Å². The van der Waals surface area contributed by atoms with Gasteiger partial charge in [-0.3, -0.25) is 4.79 Å². The smallest absolute Gasteiger partial charge is 0.193 e. The molecule has 1 aromatic rings. The Bertz CT molecular complexity index is 229. The highest BCUT2D eigenvalue weighted by Gasteiger charge is 1.99. The first-order valence-corrected chi connectivity index (χ1v) is 2.52. The zero-order chi connectivity index (χ0) is 6.85. The van der Waals surface area contributed by atoms with Crippen molar-refractivity contribution in [3.8, 4) is 0 Å². The SMILES string of the molecule is Cn1c(F)ccc1C=O. The number of carbonyl (C=O) groups is 1. The minimum atomic E-state index is -0.392. The predicted molar refractivity (Wildman–Crippen MR) is 30.8 cm³/mol. The zero-order valence-electron chi connectivity index (χ0n) is 4.97. The summed E-state index contributed by atoms with van der Waals surface area (Å²) < 4.78 is 13.5. The fourth-order valence-corrected chi connectivity index (χ4v) is 0.619. The number of hydrogen-bond acceptors (Lipinski definition) is 1. The molecular weight excluding hydrogens is 121 g/mol. The number of nitrogens with zero attached hydrogens (tertiary/aromatic N) is 1. The van der Waals surface area contributed by atoms with Crippen LogP contribution in [0.2, 0.25) is 0 Å². The minimum absolute atomic E-state index is 0.354. The van der Waals surface area contributed by atoms with Crippen molar-refractivity contribution in [2.75, 3.05) is 0 Å². The second kappa shape index (κ2) is 2.01. The summed E-state index contributed by atoms with van der Waals surface area (Å²) in [6.45, 7) is 0. The van der Waals surface area contributed by atoms with Gasteiger partial charge in [0, 0.05) is 7.05 Å². The van der Waals surface area contributed by atoms with Crippen LogP contribution in [0.4, 0.5) is 4.39 Å². The van der Waals surface area contributed by atoms with Gasteiger partial charge in [-0.05, 0) is 12.1 Å². The molecule has 9 heavy (non-hydrogen) atoms. The zero-order valence-corrected chi connectivity index (χ0v) is 4.97. The van der Waals surface area contributed by atoms with E-state index >= 15 is 0 Å². The molecule has 0 aliphatic rings. The van der Waals surface area contributed by atoms with Gasteiger partial charge in [-0.25, -0.2) is 0 Å². The fourth-order valence-electron chi connectivity index (χ4n) is 0.619. The van der Waals surface area contributed by atoms with Crippen LogP contribution < -0.4 is 0 Å². The molecule has 48 valence electrons.